The molecule has 9 nitrogen and oxygen atoms in total. The van der Waals surface area contributed by atoms with Gasteiger partial charge in [-0.15, -0.1) is 0 Å². The molecule has 3 N–H and O–H groups in total. The number of carbonyl (C=O) groups excluding carboxylic acids is 1. The molecule has 0 unspecified atom stereocenters. The van der Waals surface area contributed by atoms with E-state index < -0.39 is 11.9 Å². The van der Waals surface area contributed by atoms with Crippen molar-refractivity contribution in [3.05, 3.63) is 41.9 Å². The minimum absolute atomic E-state index is 0.180. The second kappa shape index (κ2) is 17.3. The highest BCUT2D eigenvalue weighted by Crippen LogP contribution is 2.32. The zero-order chi connectivity index (χ0) is 27.8. The van der Waals surface area contributed by atoms with Crippen molar-refractivity contribution in [3.63, 3.8) is 0 Å². The standard InChI is InChI=1S/C24H36FN3O2.C4H4O4/c1-2-3-4-5-6-7-8-9-23(29)26-14-17-28-15-12-19(13-16-28)24-21-11-10-20(25)18-22(21)30-27-24;5-3(6)1-2-4(7)8/h10-11,18-19H,2-9,12-17H2,1H3,(H,26,29);1-2H,(H,5,6)(H,7,8)/b;2-1+. The van der Waals surface area contributed by atoms with Crippen LogP contribution in [0.1, 0.15) is 82.7 Å². The van der Waals surface area contributed by atoms with Crippen LogP contribution in [0.15, 0.2) is 34.9 Å². The van der Waals surface area contributed by atoms with E-state index in [1.807, 2.05) is 0 Å². The molecule has 0 spiro atoms. The number of carbonyl (C=O) groups is 3. The van der Waals surface area contributed by atoms with Crippen molar-refractivity contribution in [3.8, 4) is 0 Å². The summed E-state index contributed by atoms with van der Waals surface area (Å²) in [5.41, 5.74) is 1.48. The molecule has 1 aromatic heterocycles. The summed E-state index contributed by atoms with van der Waals surface area (Å²) in [6.45, 7) is 5.79. The summed E-state index contributed by atoms with van der Waals surface area (Å²) in [4.78, 5) is 33.5. The number of unbranched alkanes of at least 4 members (excludes halogenated alkanes) is 6. The van der Waals surface area contributed by atoms with Crippen LogP contribution in [0.25, 0.3) is 11.0 Å². The van der Waals surface area contributed by atoms with Crippen LogP contribution in [0.3, 0.4) is 0 Å². The Morgan fingerprint density at radius 1 is 1.05 bits per heavy atom. The van der Waals surface area contributed by atoms with E-state index in [4.69, 9.17) is 14.7 Å². The van der Waals surface area contributed by atoms with Gasteiger partial charge in [-0.25, -0.2) is 14.0 Å². The van der Waals surface area contributed by atoms with E-state index in [9.17, 15) is 18.8 Å². The van der Waals surface area contributed by atoms with Gasteiger partial charge in [0.1, 0.15) is 5.82 Å². The van der Waals surface area contributed by atoms with Gasteiger partial charge in [0.2, 0.25) is 5.91 Å². The molecule has 1 fully saturated rings. The summed E-state index contributed by atoms with van der Waals surface area (Å²) in [6.07, 6.45) is 12.4. The number of nitrogens with zero attached hydrogens (tertiary/aromatic N) is 2. The molecule has 2 heterocycles. The number of rotatable bonds is 14. The number of aliphatic carboxylic acids is 2. The molecule has 2 aromatic rings. The highest BCUT2D eigenvalue weighted by molar-refractivity contribution is 5.89. The van der Waals surface area contributed by atoms with Gasteiger partial charge in [0.15, 0.2) is 5.58 Å². The molecule has 0 radical (unpaired) electrons. The lowest BCUT2D eigenvalue weighted by atomic mass is 9.91. The molecule has 38 heavy (non-hydrogen) atoms. The van der Waals surface area contributed by atoms with Crippen molar-refractivity contribution < 1.29 is 33.5 Å². The van der Waals surface area contributed by atoms with E-state index in [0.29, 0.717) is 36.6 Å². The number of nitrogens with one attached hydrogen (secondary N) is 1. The van der Waals surface area contributed by atoms with Crippen molar-refractivity contribution in [1.82, 2.24) is 15.4 Å². The highest BCUT2D eigenvalue weighted by atomic mass is 19.1. The maximum Gasteiger partial charge on any atom is 0.328 e. The fraction of sp³-hybridized carbons (Fsp3) is 0.571. The summed E-state index contributed by atoms with van der Waals surface area (Å²) in [7, 11) is 0. The van der Waals surface area contributed by atoms with Crippen molar-refractivity contribution in [2.75, 3.05) is 26.2 Å². The molecule has 1 amide bonds. The van der Waals surface area contributed by atoms with Crippen molar-refractivity contribution in [2.45, 2.75) is 77.0 Å². The molecule has 0 bridgehead atoms. The molecule has 1 aliphatic rings. The van der Waals surface area contributed by atoms with Gasteiger partial charge in [0.25, 0.3) is 0 Å². The second-order valence-corrected chi connectivity index (χ2v) is 9.56. The van der Waals surface area contributed by atoms with Gasteiger partial charge >= 0.3 is 11.9 Å². The van der Waals surface area contributed by atoms with Crippen LogP contribution in [0.4, 0.5) is 4.39 Å². The first-order valence-corrected chi connectivity index (χ1v) is 13.5. The molecule has 1 aliphatic heterocycles. The number of fused-ring (bicyclic) bond motifs is 1. The number of aromatic nitrogens is 1. The largest absolute Gasteiger partial charge is 0.478 e. The van der Waals surface area contributed by atoms with Gasteiger partial charge < -0.3 is 25.0 Å². The lowest BCUT2D eigenvalue weighted by molar-refractivity contribution is -0.134. The summed E-state index contributed by atoms with van der Waals surface area (Å²) in [6, 6.07) is 4.63. The number of hydrogen-bond donors (Lipinski definition) is 3. The fourth-order valence-electron chi connectivity index (χ4n) is 4.48. The van der Waals surface area contributed by atoms with Crippen molar-refractivity contribution in [1.29, 1.82) is 0 Å². The van der Waals surface area contributed by atoms with Gasteiger partial charge in [-0.05, 0) is 44.5 Å². The van der Waals surface area contributed by atoms with Gasteiger partial charge in [0, 0.05) is 49.0 Å². The summed E-state index contributed by atoms with van der Waals surface area (Å²) < 4.78 is 18.6. The Morgan fingerprint density at radius 2 is 1.68 bits per heavy atom. The summed E-state index contributed by atoms with van der Waals surface area (Å²) >= 11 is 0. The van der Waals surface area contributed by atoms with E-state index in [1.54, 1.807) is 6.07 Å². The van der Waals surface area contributed by atoms with Crippen LogP contribution in [0, 0.1) is 5.82 Å². The molecule has 1 saturated heterocycles. The first kappa shape index (κ1) is 31.0. The Kier molecular flexibility index (Phi) is 14.1. The van der Waals surface area contributed by atoms with Gasteiger partial charge in [-0.3, -0.25) is 4.79 Å². The lowest BCUT2D eigenvalue weighted by Crippen LogP contribution is -2.39. The Balaban J connectivity index is 0.000000550. The minimum Gasteiger partial charge on any atom is -0.478 e. The first-order chi connectivity index (χ1) is 18.3. The number of benzene rings is 1. The quantitative estimate of drug-likeness (QED) is 0.225. The number of carboxylic acid groups (broad SMARTS) is 2. The fourth-order valence-corrected chi connectivity index (χ4v) is 4.48. The second-order valence-electron chi connectivity index (χ2n) is 9.56. The maximum atomic E-state index is 13.3. The number of carboxylic acids is 2. The zero-order valence-corrected chi connectivity index (χ0v) is 22.2. The van der Waals surface area contributed by atoms with E-state index in [1.165, 1.54) is 44.2 Å². The highest BCUT2D eigenvalue weighted by Gasteiger charge is 2.25. The molecular formula is C28H40FN3O6. The van der Waals surface area contributed by atoms with Gasteiger partial charge in [0.05, 0.1) is 5.69 Å². The predicted octanol–water partition coefficient (Wildman–Crippen LogP) is 5.12. The van der Waals surface area contributed by atoms with Crippen LogP contribution in [0.2, 0.25) is 0 Å². The van der Waals surface area contributed by atoms with Crippen LogP contribution >= 0.6 is 0 Å². The van der Waals surface area contributed by atoms with Crippen LogP contribution in [-0.4, -0.2) is 64.3 Å². The summed E-state index contributed by atoms with van der Waals surface area (Å²) in [5.74, 6) is -2.28. The van der Waals surface area contributed by atoms with Crippen LogP contribution in [-0.2, 0) is 14.4 Å². The normalized spacial score (nSPS) is 14.4. The van der Waals surface area contributed by atoms with Gasteiger partial charge in [-0.2, -0.15) is 0 Å². The van der Waals surface area contributed by atoms with E-state index in [-0.39, 0.29) is 11.7 Å². The predicted molar refractivity (Wildman–Crippen MR) is 142 cm³/mol. The molecule has 210 valence electrons. The average molecular weight is 534 g/mol. The molecule has 0 saturated carbocycles. The minimum atomic E-state index is -1.26. The average Bonchev–Trinajstić information content (AvgIpc) is 3.31. The third-order valence-electron chi connectivity index (χ3n) is 6.56. The molecular weight excluding hydrogens is 493 g/mol. The third-order valence-corrected chi connectivity index (χ3v) is 6.56. The zero-order valence-electron chi connectivity index (χ0n) is 22.2. The van der Waals surface area contributed by atoms with Crippen LogP contribution < -0.4 is 5.32 Å². The van der Waals surface area contributed by atoms with Crippen LogP contribution in [0.5, 0.6) is 0 Å². The monoisotopic (exact) mass is 533 g/mol. The molecule has 1 aromatic carbocycles. The Morgan fingerprint density at radius 3 is 2.32 bits per heavy atom. The van der Waals surface area contributed by atoms with E-state index in [2.05, 4.69) is 22.3 Å². The first-order valence-electron chi connectivity index (χ1n) is 13.5. The number of likely N-dealkylation sites (tertiary alicyclic amines) is 1. The van der Waals surface area contributed by atoms with E-state index in [0.717, 1.165) is 56.4 Å². The number of hydrogen-bond acceptors (Lipinski definition) is 6. The van der Waals surface area contributed by atoms with E-state index >= 15 is 0 Å². The Labute approximate surface area is 223 Å². The SMILES string of the molecule is CCCCCCCCCC(=O)NCCN1CCC(c2noc3cc(F)ccc23)CC1.O=C(O)/C=C/C(=O)O. The molecule has 3 rings (SSSR count). The lowest BCUT2D eigenvalue weighted by Gasteiger charge is -2.31. The van der Waals surface area contributed by atoms with Crippen molar-refractivity contribution in [2.24, 2.45) is 0 Å². The van der Waals surface area contributed by atoms with Crippen molar-refractivity contribution >= 4 is 28.8 Å². The smallest absolute Gasteiger partial charge is 0.328 e. The number of halogens is 1. The van der Waals surface area contributed by atoms with Gasteiger partial charge in [-0.1, -0.05) is 50.6 Å². The molecule has 10 heteroatoms. The molecule has 0 aliphatic carbocycles. The maximum absolute atomic E-state index is 13.3. The summed E-state index contributed by atoms with van der Waals surface area (Å²) in [5, 5.41) is 23.8. The number of piperidine rings is 1. The Hall–Kier alpha value is -3.27. The topological polar surface area (TPSA) is 133 Å². The third kappa shape index (κ3) is 11.9. The molecule has 0 atom stereocenters. The Bertz CT molecular complexity index is 1030. The number of amides is 1.